The SMILES string of the molecule is Cc1cc(C=Nc2ccccc2Cl)c(C)n1-c1ccc2ncccc2c1. The Kier molecular flexibility index (Phi) is 4.31. The lowest BCUT2D eigenvalue weighted by atomic mass is 10.2. The molecule has 0 bridgehead atoms. The predicted molar refractivity (Wildman–Crippen MR) is 109 cm³/mol. The van der Waals surface area contributed by atoms with Crippen LogP contribution in [0.3, 0.4) is 0 Å². The average Bonchev–Trinajstić information content (AvgIpc) is 2.94. The van der Waals surface area contributed by atoms with Gasteiger partial charge in [0.15, 0.2) is 0 Å². The summed E-state index contributed by atoms with van der Waals surface area (Å²) < 4.78 is 2.24. The van der Waals surface area contributed by atoms with Gasteiger partial charge in [-0.25, -0.2) is 0 Å². The van der Waals surface area contributed by atoms with Crippen LogP contribution in [0.25, 0.3) is 16.6 Å². The Bertz CT molecular complexity index is 1130. The summed E-state index contributed by atoms with van der Waals surface area (Å²) >= 11 is 6.19. The summed E-state index contributed by atoms with van der Waals surface area (Å²) in [7, 11) is 0. The number of aliphatic imine (C=N–C) groups is 1. The normalized spacial score (nSPS) is 11.5. The number of fused-ring (bicyclic) bond motifs is 1. The lowest BCUT2D eigenvalue weighted by molar-refractivity contribution is 0.967. The Morgan fingerprint density at radius 1 is 1.00 bits per heavy atom. The van der Waals surface area contributed by atoms with E-state index in [1.807, 2.05) is 42.7 Å². The molecule has 2 aromatic carbocycles. The first kappa shape index (κ1) is 16.6. The van der Waals surface area contributed by atoms with Gasteiger partial charge in [0.2, 0.25) is 0 Å². The van der Waals surface area contributed by atoms with E-state index in [2.05, 4.69) is 58.7 Å². The van der Waals surface area contributed by atoms with Crippen molar-refractivity contribution in [1.29, 1.82) is 0 Å². The molecule has 2 aromatic heterocycles. The molecular formula is C22H18ClN3. The number of para-hydroxylation sites is 1. The van der Waals surface area contributed by atoms with E-state index >= 15 is 0 Å². The zero-order chi connectivity index (χ0) is 18.1. The molecule has 4 aromatic rings. The summed E-state index contributed by atoms with van der Waals surface area (Å²) in [5.74, 6) is 0. The highest BCUT2D eigenvalue weighted by Crippen LogP contribution is 2.26. The summed E-state index contributed by atoms with van der Waals surface area (Å²) in [6.45, 7) is 4.21. The van der Waals surface area contributed by atoms with Crippen LogP contribution in [0.4, 0.5) is 5.69 Å². The molecule has 0 radical (unpaired) electrons. The van der Waals surface area contributed by atoms with Crippen LogP contribution in [-0.2, 0) is 0 Å². The number of halogens is 1. The molecule has 0 spiro atoms. The molecule has 0 fully saturated rings. The number of hydrogen-bond donors (Lipinski definition) is 0. The number of pyridine rings is 1. The van der Waals surface area contributed by atoms with Crippen LogP contribution in [0.2, 0.25) is 5.02 Å². The summed E-state index contributed by atoms with van der Waals surface area (Å²) in [6, 6.07) is 20.1. The Morgan fingerprint density at radius 3 is 2.69 bits per heavy atom. The second-order valence-electron chi connectivity index (χ2n) is 6.25. The third-order valence-corrected chi connectivity index (χ3v) is 4.83. The van der Waals surface area contributed by atoms with Crippen molar-refractivity contribution < 1.29 is 0 Å². The molecule has 3 nitrogen and oxygen atoms in total. The van der Waals surface area contributed by atoms with Gasteiger partial charge in [-0.15, -0.1) is 0 Å². The summed E-state index contributed by atoms with van der Waals surface area (Å²) in [4.78, 5) is 8.95. The Balaban J connectivity index is 1.75. The fourth-order valence-corrected chi connectivity index (χ4v) is 3.40. The number of nitrogens with zero attached hydrogens (tertiary/aromatic N) is 3. The molecule has 0 aliphatic heterocycles. The summed E-state index contributed by atoms with van der Waals surface area (Å²) in [5, 5.41) is 1.78. The van der Waals surface area contributed by atoms with Crippen molar-refractivity contribution in [3.05, 3.63) is 88.8 Å². The highest BCUT2D eigenvalue weighted by Gasteiger charge is 2.10. The highest BCUT2D eigenvalue weighted by molar-refractivity contribution is 6.33. The van der Waals surface area contributed by atoms with Gasteiger partial charge in [0.05, 0.1) is 16.2 Å². The topological polar surface area (TPSA) is 30.2 Å². The van der Waals surface area contributed by atoms with Crippen LogP contribution in [0, 0.1) is 13.8 Å². The van der Waals surface area contributed by atoms with Crippen LogP contribution in [0.5, 0.6) is 0 Å². The molecule has 0 saturated heterocycles. The minimum Gasteiger partial charge on any atom is -0.318 e. The molecule has 0 atom stereocenters. The van der Waals surface area contributed by atoms with E-state index in [4.69, 9.17) is 11.6 Å². The van der Waals surface area contributed by atoms with Crippen molar-refractivity contribution in [2.45, 2.75) is 13.8 Å². The number of hydrogen-bond acceptors (Lipinski definition) is 2. The van der Waals surface area contributed by atoms with Crippen LogP contribution in [-0.4, -0.2) is 15.8 Å². The zero-order valence-electron chi connectivity index (χ0n) is 14.6. The van der Waals surface area contributed by atoms with Gasteiger partial charge in [-0.1, -0.05) is 29.8 Å². The fraction of sp³-hybridized carbons (Fsp3) is 0.0909. The van der Waals surface area contributed by atoms with Gasteiger partial charge in [0.25, 0.3) is 0 Å². The van der Waals surface area contributed by atoms with Gasteiger partial charge in [0, 0.05) is 40.4 Å². The maximum atomic E-state index is 6.19. The molecule has 0 amide bonds. The molecule has 128 valence electrons. The summed E-state index contributed by atoms with van der Waals surface area (Å²) in [5.41, 5.74) is 6.27. The number of benzene rings is 2. The van der Waals surface area contributed by atoms with E-state index in [0.29, 0.717) is 5.02 Å². The molecule has 0 N–H and O–H groups in total. The third-order valence-electron chi connectivity index (χ3n) is 4.51. The van der Waals surface area contributed by atoms with E-state index < -0.39 is 0 Å². The molecule has 0 aliphatic carbocycles. The maximum Gasteiger partial charge on any atom is 0.0816 e. The maximum absolute atomic E-state index is 6.19. The van der Waals surface area contributed by atoms with Crippen molar-refractivity contribution in [3.63, 3.8) is 0 Å². The molecule has 4 heteroatoms. The molecular weight excluding hydrogens is 342 g/mol. The van der Waals surface area contributed by atoms with Crippen molar-refractivity contribution >= 4 is 34.4 Å². The van der Waals surface area contributed by atoms with Crippen molar-refractivity contribution in [1.82, 2.24) is 9.55 Å². The quantitative estimate of drug-likeness (QED) is 0.410. The van der Waals surface area contributed by atoms with E-state index in [1.54, 1.807) is 0 Å². The highest BCUT2D eigenvalue weighted by atomic mass is 35.5. The van der Waals surface area contributed by atoms with Crippen LogP contribution in [0.15, 0.2) is 71.9 Å². The van der Waals surface area contributed by atoms with E-state index in [9.17, 15) is 0 Å². The Hall–Kier alpha value is -2.91. The Morgan fingerprint density at radius 2 is 1.85 bits per heavy atom. The zero-order valence-corrected chi connectivity index (χ0v) is 15.4. The average molecular weight is 360 g/mol. The van der Waals surface area contributed by atoms with Gasteiger partial charge in [0.1, 0.15) is 0 Å². The molecule has 0 saturated carbocycles. The van der Waals surface area contributed by atoms with Gasteiger partial charge in [-0.05, 0) is 56.3 Å². The van der Waals surface area contributed by atoms with Crippen LogP contribution in [0.1, 0.15) is 17.0 Å². The second-order valence-corrected chi connectivity index (χ2v) is 6.66. The van der Waals surface area contributed by atoms with Gasteiger partial charge < -0.3 is 4.57 Å². The summed E-state index contributed by atoms with van der Waals surface area (Å²) in [6.07, 6.45) is 3.69. The number of aromatic nitrogens is 2. The first-order valence-corrected chi connectivity index (χ1v) is 8.84. The van der Waals surface area contributed by atoms with Gasteiger partial charge in [-0.2, -0.15) is 0 Å². The second kappa shape index (κ2) is 6.77. The van der Waals surface area contributed by atoms with Crippen molar-refractivity contribution in [2.75, 3.05) is 0 Å². The molecule has 4 rings (SSSR count). The van der Waals surface area contributed by atoms with Gasteiger partial charge >= 0.3 is 0 Å². The van der Waals surface area contributed by atoms with E-state index in [-0.39, 0.29) is 0 Å². The molecule has 2 heterocycles. The molecule has 26 heavy (non-hydrogen) atoms. The predicted octanol–water partition coefficient (Wildman–Crippen LogP) is 6.05. The smallest absolute Gasteiger partial charge is 0.0816 e. The third kappa shape index (κ3) is 3.02. The number of rotatable bonds is 3. The molecule has 0 aliphatic rings. The lowest BCUT2D eigenvalue weighted by Gasteiger charge is -2.10. The first-order valence-electron chi connectivity index (χ1n) is 8.46. The van der Waals surface area contributed by atoms with Crippen molar-refractivity contribution in [3.8, 4) is 5.69 Å². The first-order chi connectivity index (χ1) is 12.6. The Labute approximate surface area is 157 Å². The minimum absolute atomic E-state index is 0.652. The van der Waals surface area contributed by atoms with E-state index in [1.165, 1.54) is 0 Å². The van der Waals surface area contributed by atoms with Gasteiger partial charge in [-0.3, -0.25) is 9.98 Å². The van der Waals surface area contributed by atoms with Crippen LogP contribution < -0.4 is 0 Å². The largest absolute Gasteiger partial charge is 0.318 e. The lowest BCUT2D eigenvalue weighted by Crippen LogP contribution is -1.99. The van der Waals surface area contributed by atoms with E-state index in [0.717, 1.165) is 39.2 Å². The fourth-order valence-electron chi connectivity index (χ4n) is 3.21. The molecule has 0 unspecified atom stereocenters. The van der Waals surface area contributed by atoms with Crippen molar-refractivity contribution in [2.24, 2.45) is 4.99 Å². The monoisotopic (exact) mass is 359 g/mol. The number of aryl methyl sites for hydroxylation is 1. The standard InChI is InChI=1S/C22H18ClN3/c1-15-12-18(14-25-22-8-4-3-7-20(22)23)16(2)26(15)19-9-10-21-17(13-19)6-5-11-24-21/h3-14H,1-2H3. The minimum atomic E-state index is 0.652. The van der Waals surface area contributed by atoms with Crippen LogP contribution >= 0.6 is 11.6 Å².